The Kier molecular flexibility index (Phi) is 5.97. The van der Waals surface area contributed by atoms with Gasteiger partial charge in [0, 0.05) is 24.5 Å². The molecule has 2 fully saturated rings. The summed E-state index contributed by atoms with van der Waals surface area (Å²) in [6, 6.07) is 1.79. The van der Waals surface area contributed by atoms with Gasteiger partial charge < -0.3 is 30.3 Å². The molecule has 3 aliphatic heterocycles. The molecule has 1 aromatic heterocycles. The zero-order valence-corrected chi connectivity index (χ0v) is 20.8. The van der Waals surface area contributed by atoms with Gasteiger partial charge >= 0.3 is 6.09 Å². The average Bonchev–Trinajstić information content (AvgIpc) is 3.22. The third-order valence-electron chi connectivity index (χ3n) is 7.09. The van der Waals surface area contributed by atoms with Crippen molar-refractivity contribution < 1.29 is 23.8 Å². The van der Waals surface area contributed by atoms with Gasteiger partial charge in [-0.05, 0) is 61.3 Å². The molecule has 1 atom stereocenters. The zero-order valence-electron chi connectivity index (χ0n) is 18.5. The van der Waals surface area contributed by atoms with Gasteiger partial charge in [0.25, 0.3) is 0 Å². The van der Waals surface area contributed by atoms with E-state index in [1.54, 1.807) is 6.07 Å². The quantitative estimate of drug-likeness (QED) is 0.488. The molecule has 3 aliphatic rings. The van der Waals surface area contributed by atoms with Crippen molar-refractivity contribution in [1.82, 2.24) is 14.8 Å². The number of fused-ring (bicyclic) bond motifs is 3. The molecule has 1 aromatic carbocycles. The predicted octanol–water partition coefficient (Wildman–Crippen LogP) is 4.14. The molecule has 1 spiro atoms. The van der Waals surface area contributed by atoms with E-state index in [9.17, 15) is 14.7 Å². The molecule has 4 heterocycles. The number of pyridine rings is 1. The zero-order chi connectivity index (χ0) is 24.2. The molecule has 34 heavy (non-hydrogen) atoms. The largest absolute Gasteiger partial charge is 0.474 e. The van der Waals surface area contributed by atoms with Gasteiger partial charge in [-0.2, -0.15) is 0 Å². The number of carbonyl (C=O) groups excluding carboxylic acids is 1. The smallest absolute Gasteiger partial charge is 0.407 e. The number of likely N-dealkylation sites (N-methyl/N-ethyl adjacent to an activating group) is 1. The maximum Gasteiger partial charge on any atom is 0.407 e. The van der Waals surface area contributed by atoms with Gasteiger partial charge in [0.1, 0.15) is 23.3 Å². The van der Waals surface area contributed by atoms with Crippen LogP contribution in [0.3, 0.4) is 0 Å². The van der Waals surface area contributed by atoms with E-state index in [4.69, 9.17) is 16.3 Å². The number of rotatable bonds is 3. The lowest BCUT2D eigenvalue weighted by molar-refractivity contribution is -0.122. The second kappa shape index (κ2) is 8.69. The number of nitrogens with zero attached hydrogens (tertiary/aromatic N) is 3. The van der Waals surface area contributed by atoms with E-state index >= 15 is 4.39 Å². The van der Waals surface area contributed by atoms with Crippen molar-refractivity contribution in [2.45, 2.75) is 37.3 Å². The molecule has 9 nitrogen and oxygen atoms in total. The SMILES string of the molecule is CN1CCC[C@H]1COc1nc2c(F)c(Br)c(Cl)cc2c2c1NC(=O)C1(CCN(C(=O)O)CC1)N2. The first kappa shape index (κ1) is 23.4. The number of carboxylic acid groups (broad SMARTS) is 1. The minimum absolute atomic E-state index is 0.0616. The predicted molar refractivity (Wildman–Crippen MR) is 129 cm³/mol. The molecule has 0 unspecified atom stereocenters. The van der Waals surface area contributed by atoms with Gasteiger partial charge in [-0.25, -0.2) is 14.2 Å². The molecule has 0 bridgehead atoms. The topological polar surface area (TPSA) is 107 Å². The molecule has 2 amide bonds. The van der Waals surface area contributed by atoms with Gasteiger partial charge in [0.2, 0.25) is 11.8 Å². The summed E-state index contributed by atoms with van der Waals surface area (Å²) in [5.41, 5.74) is -0.170. The van der Waals surface area contributed by atoms with Crippen LogP contribution < -0.4 is 15.4 Å². The van der Waals surface area contributed by atoms with E-state index in [1.807, 2.05) is 7.05 Å². The normalized spacial score (nSPS) is 21.9. The number of carbonyl (C=O) groups is 2. The fourth-order valence-electron chi connectivity index (χ4n) is 4.96. The van der Waals surface area contributed by atoms with E-state index in [-0.39, 0.29) is 58.8 Å². The van der Waals surface area contributed by atoms with Crippen molar-refractivity contribution in [2.24, 2.45) is 0 Å². The molecule has 0 radical (unpaired) electrons. The number of likely N-dealkylation sites (tertiary alicyclic amines) is 2. The Hall–Kier alpha value is -2.37. The third-order valence-corrected chi connectivity index (χ3v) is 8.39. The van der Waals surface area contributed by atoms with Gasteiger partial charge in [0.05, 0.1) is 15.2 Å². The summed E-state index contributed by atoms with van der Waals surface area (Å²) in [6.45, 7) is 1.73. The third kappa shape index (κ3) is 3.83. The van der Waals surface area contributed by atoms with Crippen LogP contribution in [0.25, 0.3) is 10.9 Å². The molecule has 3 N–H and O–H groups in total. The summed E-state index contributed by atoms with van der Waals surface area (Å²) >= 11 is 9.44. The van der Waals surface area contributed by atoms with Crippen LogP contribution >= 0.6 is 27.5 Å². The number of aromatic nitrogens is 1. The fraction of sp³-hybridized carbons (Fsp3) is 0.500. The first-order valence-corrected chi connectivity index (χ1v) is 12.3. The average molecular weight is 557 g/mol. The van der Waals surface area contributed by atoms with E-state index < -0.39 is 17.4 Å². The number of hydrogen-bond acceptors (Lipinski definition) is 6. The van der Waals surface area contributed by atoms with Gasteiger partial charge in [0.15, 0.2) is 5.82 Å². The molecule has 0 saturated carbocycles. The minimum atomic E-state index is -1.04. The number of benzene rings is 1. The van der Waals surface area contributed by atoms with Crippen molar-refractivity contribution in [3.8, 4) is 5.88 Å². The highest BCUT2D eigenvalue weighted by Gasteiger charge is 2.47. The highest BCUT2D eigenvalue weighted by atomic mass is 79.9. The van der Waals surface area contributed by atoms with Crippen molar-refractivity contribution in [3.05, 3.63) is 21.4 Å². The van der Waals surface area contributed by atoms with Crippen molar-refractivity contribution >= 4 is 61.8 Å². The minimum Gasteiger partial charge on any atom is -0.474 e. The van der Waals surface area contributed by atoms with Crippen LogP contribution in [0, 0.1) is 5.82 Å². The Morgan fingerprint density at radius 2 is 2.12 bits per heavy atom. The summed E-state index contributed by atoms with van der Waals surface area (Å²) in [5.74, 6) is -0.783. The van der Waals surface area contributed by atoms with E-state index in [1.165, 1.54) is 4.90 Å². The summed E-state index contributed by atoms with van der Waals surface area (Å²) in [6.07, 6.45) is 1.57. The Labute approximate surface area is 208 Å². The number of anilines is 2. The van der Waals surface area contributed by atoms with Crippen molar-refractivity contribution in [3.63, 3.8) is 0 Å². The molecule has 0 aliphatic carbocycles. The van der Waals surface area contributed by atoms with Gasteiger partial charge in [-0.15, -0.1) is 0 Å². The Bertz CT molecular complexity index is 1190. The van der Waals surface area contributed by atoms with Crippen molar-refractivity contribution in [1.29, 1.82) is 0 Å². The number of amides is 2. The molecule has 2 aromatic rings. The lowest BCUT2D eigenvalue weighted by Gasteiger charge is -2.44. The van der Waals surface area contributed by atoms with Crippen LogP contribution in [0.5, 0.6) is 5.88 Å². The first-order chi connectivity index (χ1) is 16.2. The standard InChI is InChI=1S/C22H24BrClFN5O4/c1-29-6-2-3-11(29)10-34-19-18-17(12-9-13(24)14(23)15(25)16(12)26-19)28-22(20(31)27-18)4-7-30(8-5-22)21(32)33/h9,11,28H,2-8,10H2,1H3,(H,27,31)(H,32,33)/t11-/m0/s1. The number of nitrogens with one attached hydrogen (secondary N) is 2. The van der Waals surface area contributed by atoms with E-state index in [0.717, 1.165) is 19.4 Å². The maximum absolute atomic E-state index is 15.2. The molecular formula is C22H24BrClFN5O4. The Balaban J connectivity index is 1.57. The van der Waals surface area contributed by atoms with Gasteiger partial charge in [-0.1, -0.05) is 11.6 Å². The van der Waals surface area contributed by atoms with Gasteiger partial charge in [-0.3, -0.25) is 4.79 Å². The lowest BCUT2D eigenvalue weighted by atomic mass is 9.84. The second-order valence-corrected chi connectivity index (χ2v) is 10.3. The Morgan fingerprint density at radius 1 is 1.38 bits per heavy atom. The summed E-state index contributed by atoms with van der Waals surface area (Å²) in [7, 11) is 2.03. The van der Waals surface area contributed by atoms with E-state index in [2.05, 4.69) is 36.4 Å². The monoisotopic (exact) mass is 555 g/mol. The first-order valence-electron chi connectivity index (χ1n) is 11.1. The van der Waals surface area contributed by atoms with E-state index in [0.29, 0.717) is 23.4 Å². The van der Waals surface area contributed by atoms with Crippen LogP contribution in [-0.2, 0) is 4.79 Å². The number of piperidine rings is 1. The number of ether oxygens (including phenoxy) is 1. The molecule has 12 heteroatoms. The fourth-order valence-corrected chi connectivity index (χ4v) is 5.45. The van der Waals surface area contributed by atoms with Crippen LogP contribution in [0.15, 0.2) is 10.5 Å². The highest BCUT2D eigenvalue weighted by molar-refractivity contribution is 9.10. The lowest BCUT2D eigenvalue weighted by Crippen LogP contribution is -2.59. The van der Waals surface area contributed by atoms with Crippen molar-refractivity contribution in [2.75, 3.05) is 43.9 Å². The molecule has 182 valence electrons. The molecule has 5 rings (SSSR count). The summed E-state index contributed by atoms with van der Waals surface area (Å²) < 4.78 is 21.4. The molecule has 2 saturated heterocycles. The summed E-state index contributed by atoms with van der Waals surface area (Å²) in [5, 5.41) is 16.1. The van der Waals surface area contributed by atoms with Crippen LogP contribution in [0.4, 0.5) is 20.6 Å². The summed E-state index contributed by atoms with van der Waals surface area (Å²) in [4.78, 5) is 32.5. The number of hydrogen-bond donors (Lipinski definition) is 3. The highest BCUT2D eigenvalue weighted by Crippen LogP contribution is 2.47. The molecular weight excluding hydrogens is 533 g/mol. The number of halogens is 3. The van der Waals surface area contributed by atoms with Crippen LogP contribution in [0.2, 0.25) is 5.02 Å². The second-order valence-electron chi connectivity index (χ2n) is 9.07. The maximum atomic E-state index is 15.2. The Morgan fingerprint density at radius 3 is 2.76 bits per heavy atom. The van der Waals surface area contributed by atoms with Crippen LogP contribution in [-0.4, -0.2) is 76.8 Å². The van der Waals surface area contributed by atoms with Crippen LogP contribution in [0.1, 0.15) is 25.7 Å².